The van der Waals surface area contributed by atoms with E-state index < -0.39 is 35.0 Å². The first-order valence-corrected chi connectivity index (χ1v) is 8.66. The van der Waals surface area contributed by atoms with E-state index in [-0.39, 0.29) is 39.7 Å². The van der Waals surface area contributed by atoms with Crippen molar-refractivity contribution in [3.63, 3.8) is 0 Å². The Morgan fingerprint density at radius 2 is 1.79 bits per heavy atom. The largest absolute Gasteiger partial charge is 0.480 e. The lowest BCUT2D eigenvalue weighted by Crippen LogP contribution is -2.41. The van der Waals surface area contributed by atoms with E-state index in [4.69, 9.17) is 0 Å². The number of carbonyl (C=O) groups is 2. The fourth-order valence-electron chi connectivity index (χ4n) is 3.12. The SMILES string of the molecule is CC(C)C[C@@H](NC(=O)c1cc(F)cc2c(=O)c3cc(F)ccc3[nH]c12)C(=O)O. The molecule has 0 aliphatic carbocycles. The van der Waals surface area contributed by atoms with Crippen molar-refractivity contribution in [1.82, 2.24) is 10.3 Å². The highest BCUT2D eigenvalue weighted by atomic mass is 19.1. The Balaban J connectivity index is 2.16. The van der Waals surface area contributed by atoms with Gasteiger partial charge in [0.05, 0.1) is 11.1 Å². The Hall–Kier alpha value is -3.29. The minimum absolute atomic E-state index is 0.00398. The molecular formula is C20H18F2N2O4. The highest BCUT2D eigenvalue weighted by Gasteiger charge is 2.24. The van der Waals surface area contributed by atoms with E-state index in [2.05, 4.69) is 10.3 Å². The molecule has 146 valence electrons. The summed E-state index contributed by atoms with van der Waals surface area (Å²) in [5.74, 6) is -3.49. The molecule has 28 heavy (non-hydrogen) atoms. The van der Waals surface area contributed by atoms with Gasteiger partial charge in [0.1, 0.15) is 17.7 Å². The van der Waals surface area contributed by atoms with Crippen molar-refractivity contribution in [3.8, 4) is 0 Å². The topological polar surface area (TPSA) is 99.3 Å². The molecule has 1 amide bonds. The lowest BCUT2D eigenvalue weighted by Gasteiger charge is -2.17. The summed E-state index contributed by atoms with van der Waals surface area (Å²) >= 11 is 0. The van der Waals surface area contributed by atoms with Gasteiger partial charge in [-0.05, 0) is 42.7 Å². The molecule has 0 saturated carbocycles. The van der Waals surface area contributed by atoms with Gasteiger partial charge in [-0.25, -0.2) is 13.6 Å². The van der Waals surface area contributed by atoms with Gasteiger partial charge in [0.15, 0.2) is 5.43 Å². The van der Waals surface area contributed by atoms with E-state index >= 15 is 0 Å². The number of aromatic amines is 1. The van der Waals surface area contributed by atoms with Gasteiger partial charge in [-0.1, -0.05) is 13.8 Å². The Morgan fingerprint density at radius 1 is 1.11 bits per heavy atom. The second kappa shape index (κ2) is 7.38. The van der Waals surface area contributed by atoms with Crippen molar-refractivity contribution in [2.24, 2.45) is 5.92 Å². The van der Waals surface area contributed by atoms with E-state index in [1.165, 1.54) is 6.07 Å². The van der Waals surface area contributed by atoms with E-state index in [1.54, 1.807) is 0 Å². The molecule has 3 N–H and O–H groups in total. The zero-order valence-electron chi connectivity index (χ0n) is 15.2. The van der Waals surface area contributed by atoms with Crippen LogP contribution in [0.4, 0.5) is 8.78 Å². The molecule has 6 nitrogen and oxygen atoms in total. The first-order chi connectivity index (χ1) is 13.2. The molecule has 0 radical (unpaired) electrons. The molecule has 0 aliphatic rings. The third-order valence-corrected chi connectivity index (χ3v) is 4.39. The molecule has 0 saturated heterocycles. The molecule has 0 unspecified atom stereocenters. The number of benzene rings is 2. The summed E-state index contributed by atoms with van der Waals surface area (Å²) in [5, 5.41) is 11.6. The first-order valence-electron chi connectivity index (χ1n) is 8.66. The lowest BCUT2D eigenvalue weighted by molar-refractivity contribution is -0.139. The van der Waals surface area contributed by atoms with Gasteiger partial charge in [0.2, 0.25) is 0 Å². The number of aromatic nitrogens is 1. The second-order valence-corrected chi connectivity index (χ2v) is 7.01. The number of carboxylic acid groups (broad SMARTS) is 1. The fraction of sp³-hybridized carbons (Fsp3) is 0.250. The average molecular weight is 388 g/mol. The van der Waals surface area contributed by atoms with Crippen LogP contribution in [0.25, 0.3) is 21.8 Å². The van der Waals surface area contributed by atoms with Gasteiger partial charge in [-0.3, -0.25) is 9.59 Å². The predicted octanol–water partition coefficient (Wildman–Crippen LogP) is 3.19. The average Bonchev–Trinajstić information content (AvgIpc) is 2.61. The number of fused-ring (bicyclic) bond motifs is 2. The normalized spacial score (nSPS) is 12.5. The van der Waals surface area contributed by atoms with Crippen LogP contribution in [0.5, 0.6) is 0 Å². The van der Waals surface area contributed by atoms with E-state index in [9.17, 15) is 28.3 Å². The Labute approximate surface area is 158 Å². The van der Waals surface area contributed by atoms with Crippen LogP contribution in [0.2, 0.25) is 0 Å². The highest BCUT2D eigenvalue weighted by Crippen LogP contribution is 2.21. The molecule has 0 fully saturated rings. The zero-order chi connectivity index (χ0) is 20.6. The number of amides is 1. The summed E-state index contributed by atoms with van der Waals surface area (Å²) in [6, 6.07) is 4.25. The number of rotatable bonds is 5. The summed E-state index contributed by atoms with van der Waals surface area (Å²) in [4.78, 5) is 39.6. The van der Waals surface area contributed by atoms with Crippen molar-refractivity contribution >= 4 is 33.7 Å². The molecule has 1 atom stereocenters. The lowest BCUT2D eigenvalue weighted by atomic mass is 10.0. The number of nitrogens with one attached hydrogen (secondary N) is 2. The smallest absolute Gasteiger partial charge is 0.326 e. The van der Waals surface area contributed by atoms with Crippen molar-refractivity contribution in [2.75, 3.05) is 0 Å². The maximum atomic E-state index is 14.1. The van der Waals surface area contributed by atoms with Gasteiger partial charge >= 0.3 is 5.97 Å². The molecule has 3 aromatic rings. The summed E-state index contributed by atoms with van der Waals surface area (Å²) in [7, 11) is 0. The van der Waals surface area contributed by atoms with Crippen LogP contribution in [0.1, 0.15) is 30.6 Å². The van der Waals surface area contributed by atoms with Crippen molar-refractivity contribution in [1.29, 1.82) is 0 Å². The highest BCUT2D eigenvalue weighted by molar-refractivity contribution is 6.08. The zero-order valence-corrected chi connectivity index (χ0v) is 15.2. The first kappa shape index (κ1) is 19.5. The Bertz CT molecular complexity index is 1150. The van der Waals surface area contributed by atoms with Crippen LogP contribution in [-0.4, -0.2) is 28.0 Å². The Morgan fingerprint density at radius 3 is 2.43 bits per heavy atom. The monoisotopic (exact) mass is 388 g/mol. The maximum Gasteiger partial charge on any atom is 0.326 e. The fourth-order valence-corrected chi connectivity index (χ4v) is 3.12. The summed E-state index contributed by atoms with van der Waals surface area (Å²) in [6.07, 6.45) is 0.188. The Kier molecular flexibility index (Phi) is 5.13. The quantitative estimate of drug-likeness (QED) is 0.585. The summed E-state index contributed by atoms with van der Waals surface area (Å²) in [5.41, 5.74) is -0.504. The number of halogens is 2. The van der Waals surface area contributed by atoms with E-state index in [0.29, 0.717) is 0 Å². The second-order valence-electron chi connectivity index (χ2n) is 7.01. The molecule has 0 spiro atoms. The molecule has 8 heteroatoms. The number of H-pyrrole nitrogens is 1. The van der Waals surface area contributed by atoms with Gasteiger partial charge in [0, 0.05) is 16.3 Å². The minimum Gasteiger partial charge on any atom is -0.480 e. The van der Waals surface area contributed by atoms with Crippen LogP contribution in [0.3, 0.4) is 0 Å². The minimum atomic E-state index is -1.21. The van der Waals surface area contributed by atoms with Crippen LogP contribution in [0, 0.1) is 17.6 Å². The number of hydrogen-bond acceptors (Lipinski definition) is 3. The number of aliphatic carboxylic acids is 1. The number of pyridine rings is 1. The molecule has 0 aliphatic heterocycles. The van der Waals surface area contributed by atoms with Crippen LogP contribution in [0.15, 0.2) is 35.1 Å². The van der Waals surface area contributed by atoms with Gasteiger partial charge in [0.25, 0.3) is 5.91 Å². The summed E-state index contributed by atoms with van der Waals surface area (Å²) in [6.45, 7) is 3.62. The van der Waals surface area contributed by atoms with E-state index in [1.807, 2.05) is 13.8 Å². The molecule has 1 heterocycles. The van der Waals surface area contributed by atoms with Crippen LogP contribution in [-0.2, 0) is 4.79 Å². The third kappa shape index (κ3) is 3.71. The van der Waals surface area contributed by atoms with Crippen LogP contribution < -0.4 is 10.7 Å². The molecule has 1 aromatic heterocycles. The van der Waals surface area contributed by atoms with Gasteiger partial charge in [-0.2, -0.15) is 0 Å². The van der Waals surface area contributed by atoms with Crippen molar-refractivity contribution < 1.29 is 23.5 Å². The third-order valence-electron chi connectivity index (χ3n) is 4.39. The molecule has 3 rings (SSSR count). The molecular weight excluding hydrogens is 370 g/mol. The number of carbonyl (C=O) groups excluding carboxylic acids is 1. The number of hydrogen-bond donors (Lipinski definition) is 3. The van der Waals surface area contributed by atoms with Crippen LogP contribution >= 0.6 is 0 Å². The van der Waals surface area contributed by atoms with E-state index in [0.717, 1.165) is 24.3 Å². The standard InChI is InChI=1S/C20H18F2N2O4/c1-9(2)5-16(20(27)28)24-19(26)14-8-11(22)7-13-17(14)23-15-4-3-10(21)6-12(15)18(13)25/h3-4,6-9,16H,5H2,1-2H3,(H,23,25)(H,24,26)(H,27,28)/t16-/m1/s1. The van der Waals surface area contributed by atoms with Gasteiger partial charge in [-0.15, -0.1) is 0 Å². The summed E-state index contributed by atoms with van der Waals surface area (Å²) < 4.78 is 27.6. The maximum absolute atomic E-state index is 14.1. The molecule has 0 bridgehead atoms. The van der Waals surface area contributed by atoms with Gasteiger partial charge < -0.3 is 15.4 Å². The molecule has 2 aromatic carbocycles. The van der Waals surface area contributed by atoms with Crippen molar-refractivity contribution in [3.05, 3.63) is 57.8 Å². The van der Waals surface area contributed by atoms with Crippen molar-refractivity contribution in [2.45, 2.75) is 26.3 Å². The number of carboxylic acids is 1. The predicted molar refractivity (Wildman–Crippen MR) is 100 cm³/mol.